The lowest BCUT2D eigenvalue weighted by Gasteiger charge is -2.33. The van der Waals surface area contributed by atoms with Crippen LogP contribution in [0.4, 0.5) is 0 Å². The highest BCUT2D eigenvalue weighted by Crippen LogP contribution is 2.23. The average molecular weight is 320 g/mol. The summed E-state index contributed by atoms with van der Waals surface area (Å²) in [5.74, 6) is 0.337. The zero-order chi connectivity index (χ0) is 16.4. The van der Waals surface area contributed by atoms with Gasteiger partial charge in [-0.25, -0.2) is 4.68 Å². The lowest BCUT2D eigenvalue weighted by atomic mass is 10.0. The van der Waals surface area contributed by atoms with Crippen molar-refractivity contribution in [2.75, 3.05) is 39.4 Å². The molecule has 2 atom stereocenters. The van der Waals surface area contributed by atoms with E-state index in [9.17, 15) is 9.59 Å². The Morgan fingerprint density at radius 2 is 2.04 bits per heavy atom. The fraction of sp³-hybridized carbons (Fsp3) is 0.688. The lowest BCUT2D eigenvalue weighted by Crippen LogP contribution is -2.47. The van der Waals surface area contributed by atoms with Gasteiger partial charge in [0.1, 0.15) is 5.69 Å². The first-order valence-corrected chi connectivity index (χ1v) is 8.29. The van der Waals surface area contributed by atoms with E-state index in [-0.39, 0.29) is 11.5 Å². The van der Waals surface area contributed by atoms with E-state index in [4.69, 9.17) is 4.74 Å². The summed E-state index contributed by atoms with van der Waals surface area (Å²) in [6.07, 6.45) is 0. The number of hydrogen-bond acceptors (Lipinski definition) is 5. The third-order valence-electron chi connectivity index (χ3n) is 4.76. The van der Waals surface area contributed by atoms with Crippen molar-refractivity contribution in [2.24, 2.45) is 5.92 Å². The van der Waals surface area contributed by atoms with Gasteiger partial charge in [0.2, 0.25) is 0 Å². The largest absolute Gasteiger partial charge is 0.379 e. The van der Waals surface area contributed by atoms with Crippen LogP contribution in [0.15, 0.2) is 16.9 Å². The Morgan fingerprint density at radius 1 is 1.30 bits per heavy atom. The molecular weight excluding hydrogens is 296 g/mol. The summed E-state index contributed by atoms with van der Waals surface area (Å²) in [5, 5.41) is 4.18. The highest BCUT2D eigenvalue weighted by molar-refractivity contribution is 5.92. The highest BCUT2D eigenvalue weighted by atomic mass is 16.5. The molecule has 0 saturated carbocycles. The Morgan fingerprint density at radius 3 is 2.74 bits per heavy atom. The molecule has 0 unspecified atom stereocenters. The van der Waals surface area contributed by atoms with Crippen molar-refractivity contribution in [2.45, 2.75) is 26.4 Å². The summed E-state index contributed by atoms with van der Waals surface area (Å²) >= 11 is 0. The Kier molecular flexibility index (Phi) is 4.77. The zero-order valence-electron chi connectivity index (χ0n) is 13.8. The first kappa shape index (κ1) is 16.1. The molecule has 0 aliphatic carbocycles. The maximum Gasteiger partial charge on any atom is 0.274 e. The number of aryl methyl sites for hydroxylation is 1. The van der Waals surface area contributed by atoms with Crippen LogP contribution in [0.25, 0.3) is 0 Å². The summed E-state index contributed by atoms with van der Waals surface area (Å²) in [7, 11) is 0. The molecule has 23 heavy (non-hydrogen) atoms. The molecule has 1 aromatic heterocycles. The van der Waals surface area contributed by atoms with Gasteiger partial charge in [-0.3, -0.25) is 14.5 Å². The number of aromatic nitrogens is 2. The van der Waals surface area contributed by atoms with E-state index < -0.39 is 0 Å². The fourth-order valence-corrected chi connectivity index (χ4v) is 3.45. The second-order valence-corrected chi connectivity index (χ2v) is 6.28. The Balaban J connectivity index is 1.72. The van der Waals surface area contributed by atoms with Crippen LogP contribution >= 0.6 is 0 Å². The van der Waals surface area contributed by atoms with Crippen molar-refractivity contribution >= 4 is 5.91 Å². The van der Waals surface area contributed by atoms with Gasteiger partial charge in [-0.15, -0.1) is 0 Å². The number of carbonyl (C=O) groups is 1. The summed E-state index contributed by atoms with van der Waals surface area (Å²) in [4.78, 5) is 28.6. The quantitative estimate of drug-likeness (QED) is 0.787. The molecule has 1 amide bonds. The number of ether oxygens (including phenoxy) is 1. The van der Waals surface area contributed by atoms with Crippen molar-refractivity contribution < 1.29 is 9.53 Å². The van der Waals surface area contributed by atoms with Crippen molar-refractivity contribution in [3.8, 4) is 0 Å². The van der Waals surface area contributed by atoms with Gasteiger partial charge in [-0.1, -0.05) is 6.92 Å². The monoisotopic (exact) mass is 320 g/mol. The van der Waals surface area contributed by atoms with Gasteiger partial charge in [0, 0.05) is 44.8 Å². The number of likely N-dealkylation sites (tertiary alicyclic amines) is 1. The van der Waals surface area contributed by atoms with Gasteiger partial charge in [0.25, 0.3) is 11.5 Å². The van der Waals surface area contributed by atoms with E-state index in [0.29, 0.717) is 30.7 Å². The third-order valence-corrected chi connectivity index (χ3v) is 4.76. The molecule has 0 N–H and O–H groups in total. The van der Waals surface area contributed by atoms with Crippen molar-refractivity contribution in [1.29, 1.82) is 0 Å². The van der Waals surface area contributed by atoms with Crippen LogP contribution in [-0.2, 0) is 11.3 Å². The van der Waals surface area contributed by atoms with Gasteiger partial charge in [0.15, 0.2) is 0 Å². The van der Waals surface area contributed by atoms with E-state index in [0.717, 1.165) is 32.8 Å². The molecule has 3 rings (SSSR count). The molecule has 126 valence electrons. The van der Waals surface area contributed by atoms with Gasteiger partial charge >= 0.3 is 0 Å². The van der Waals surface area contributed by atoms with Crippen LogP contribution in [0.5, 0.6) is 0 Å². The lowest BCUT2D eigenvalue weighted by molar-refractivity contribution is 0.0119. The van der Waals surface area contributed by atoms with Crippen LogP contribution in [-0.4, -0.2) is 70.9 Å². The van der Waals surface area contributed by atoms with Gasteiger partial charge in [-0.05, 0) is 18.9 Å². The van der Waals surface area contributed by atoms with E-state index in [1.165, 1.54) is 16.8 Å². The molecule has 7 heteroatoms. The second-order valence-electron chi connectivity index (χ2n) is 6.28. The summed E-state index contributed by atoms with van der Waals surface area (Å²) in [5.41, 5.74) is 0.173. The van der Waals surface area contributed by atoms with Gasteiger partial charge < -0.3 is 9.64 Å². The maximum atomic E-state index is 12.7. The van der Waals surface area contributed by atoms with Crippen LogP contribution in [0, 0.1) is 5.92 Å². The Bertz CT molecular complexity index is 624. The smallest absolute Gasteiger partial charge is 0.274 e. The standard InChI is InChI=1S/C16H24N4O3/c1-3-20-15(21)5-4-13(17-20)16(22)19-10-12(2)14(11-19)18-6-8-23-9-7-18/h4-5,12,14H,3,6-11H2,1-2H3/t12-,14+/m0/s1. The van der Waals surface area contributed by atoms with Gasteiger partial charge in [0.05, 0.1) is 13.2 Å². The van der Waals surface area contributed by atoms with Crippen LogP contribution in [0.3, 0.4) is 0 Å². The van der Waals surface area contributed by atoms with Crippen LogP contribution < -0.4 is 5.56 Å². The molecule has 3 heterocycles. The molecule has 2 fully saturated rings. The number of nitrogens with zero attached hydrogens (tertiary/aromatic N) is 4. The molecule has 2 aliphatic rings. The van der Waals surface area contributed by atoms with E-state index in [1.54, 1.807) is 0 Å². The molecule has 0 radical (unpaired) electrons. The van der Waals surface area contributed by atoms with Crippen molar-refractivity contribution in [1.82, 2.24) is 19.6 Å². The normalized spacial score (nSPS) is 25.7. The molecule has 1 aromatic rings. The van der Waals surface area contributed by atoms with E-state index in [1.807, 2.05) is 11.8 Å². The SMILES string of the molecule is CCn1nc(C(=O)N2C[C@@H](N3CCOCC3)[C@@H](C)C2)ccc1=O. The first-order chi connectivity index (χ1) is 11.1. The summed E-state index contributed by atoms with van der Waals surface area (Å²) in [6.45, 7) is 9.32. The molecular formula is C16H24N4O3. The predicted octanol–water partition coefficient (Wildman–Crippen LogP) is 0.0559. The first-order valence-electron chi connectivity index (χ1n) is 8.29. The highest BCUT2D eigenvalue weighted by Gasteiger charge is 2.37. The van der Waals surface area contributed by atoms with Crippen LogP contribution in [0.1, 0.15) is 24.3 Å². The number of hydrogen-bond donors (Lipinski definition) is 0. The zero-order valence-corrected chi connectivity index (χ0v) is 13.8. The van der Waals surface area contributed by atoms with Crippen molar-refractivity contribution in [3.05, 3.63) is 28.2 Å². The fourth-order valence-electron chi connectivity index (χ4n) is 3.45. The minimum absolute atomic E-state index is 0.0881. The Labute approximate surface area is 135 Å². The third kappa shape index (κ3) is 3.30. The number of carbonyl (C=O) groups excluding carboxylic acids is 1. The minimum atomic E-state index is -0.176. The van der Waals surface area contributed by atoms with Gasteiger partial charge in [-0.2, -0.15) is 5.10 Å². The molecule has 7 nitrogen and oxygen atoms in total. The number of amides is 1. The van der Waals surface area contributed by atoms with E-state index in [2.05, 4.69) is 16.9 Å². The molecule has 2 saturated heterocycles. The summed E-state index contributed by atoms with van der Waals surface area (Å²) in [6, 6.07) is 3.33. The van der Waals surface area contributed by atoms with E-state index >= 15 is 0 Å². The molecule has 0 aromatic carbocycles. The summed E-state index contributed by atoms with van der Waals surface area (Å²) < 4.78 is 6.74. The molecule has 0 bridgehead atoms. The number of rotatable bonds is 3. The van der Waals surface area contributed by atoms with Crippen LogP contribution in [0.2, 0.25) is 0 Å². The predicted molar refractivity (Wildman–Crippen MR) is 85.4 cm³/mol. The average Bonchev–Trinajstić information content (AvgIpc) is 2.97. The molecule has 0 spiro atoms. The maximum absolute atomic E-state index is 12.7. The second kappa shape index (κ2) is 6.80. The minimum Gasteiger partial charge on any atom is -0.379 e. The topological polar surface area (TPSA) is 67.7 Å². The Hall–Kier alpha value is -1.73. The number of morpholine rings is 1. The molecule has 2 aliphatic heterocycles. The van der Waals surface area contributed by atoms with Crippen molar-refractivity contribution in [3.63, 3.8) is 0 Å².